The molecule has 0 spiro atoms. The maximum Gasteiger partial charge on any atom is 0.335 e. The van der Waals surface area contributed by atoms with Crippen LogP contribution in [0, 0.1) is 0 Å². The fourth-order valence-electron chi connectivity index (χ4n) is 1.94. The first kappa shape index (κ1) is 16.8. The van der Waals surface area contributed by atoms with E-state index in [-0.39, 0.29) is 17.1 Å². The Morgan fingerprint density at radius 3 is 2.14 bits per heavy atom. The highest BCUT2D eigenvalue weighted by Crippen LogP contribution is 2.30. The second-order valence-corrected chi connectivity index (χ2v) is 5.37. The highest BCUT2D eigenvalue weighted by Gasteiger charge is 2.12. The van der Waals surface area contributed by atoms with Gasteiger partial charge in [-0.25, -0.2) is 4.79 Å². The Morgan fingerprint density at radius 1 is 1.10 bits per heavy atom. The summed E-state index contributed by atoms with van der Waals surface area (Å²) >= 11 is 0. The lowest BCUT2D eigenvalue weighted by molar-refractivity contribution is 0.0696. The zero-order chi connectivity index (χ0) is 16.0. The summed E-state index contributed by atoms with van der Waals surface area (Å²) in [5.74, 6) is -1.57. The minimum absolute atomic E-state index is 0.127. The van der Waals surface area contributed by atoms with Gasteiger partial charge in [0.05, 0.1) is 5.56 Å². The monoisotopic (exact) mass is 290 g/mol. The van der Waals surface area contributed by atoms with Crippen LogP contribution in [0.1, 0.15) is 49.5 Å². The minimum Gasteiger partial charge on any atom is -0.507 e. The first-order valence-electron chi connectivity index (χ1n) is 6.88. The molecular formula is C17H22O4. The minimum atomic E-state index is -1.18. The van der Waals surface area contributed by atoms with E-state index in [0.717, 1.165) is 30.5 Å². The van der Waals surface area contributed by atoms with Crippen LogP contribution < -0.4 is 0 Å². The van der Waals surface area contributed by atoms with E-state index in [2.05, 4.69) is 19.9 Å². The third-order valence-corrected chi connectivity index (χ3v) is 3.20. The Morgan fingerprint density at radius 2 is 1.67 bits per heavy atom. The summed E-state index contributed by atoms with van der Waals surface area (Å²) in [5, 5.41) is 28.5. The van der Waals surface area contributed by atoms with Crippen molar-refractivity contribution in [1.29, 1.82) is 0 Å². The van der Waals surface area contributed by atoms with Gasteiger partial charge in [0, 0.05) is 5.56 Å². The predicted molar refractivity (Wildman–Crippen MR) is 82.9 cm³/mol. The molecule has 0 aliphatic carbocycles. The maximum absolute atomic E-state index is 10.8. The van der Waals surface area contributed by atoms with Crippen LogP contribution in [-0.2, 0) is 6.42 Å². The SMILES string of the molecule is CC(C)=CCCC(C)=CCc1c(O)cc(C(=O)O)cc1O. The van der Waals surface area contributed by atoms with Crippen LogP contribution in [0.3, 0.4) is 0 Å². The fourth-order valence-corrected chi connectivity index (χ4v) is 1.94. The lowest BCUT2D eigenvalue weighted by Crippen LogP contribution is -1.97. The Kier molecular flexibility index (Phi) is 6.03. The van der Waals surface area contributed by atoms with Gasteiger partial charge in [0.25, 0.3) is 0 Å². The number of rotatable bonds is 6. The summed E-state index contributed by atoms with van der Waals surface area (Å²) in [5.41, 5.74) is 2.66. The molecule has 4 heteroatoms. The summed E-state index contributed by atoms with van der Waals surface area (Å²) in [6.45, 7) is 6.11. The van der Waals surface area contributed by atoms with Gasteiger partial charge in [0.15, 0.2) is 0 Å². The summed E-state index contributed by atoms with van der Waals surface area (Å²) < 4.78 is 0. The number of carboxylic acids is 1. The van der Waals surface area contributed by atoms with Gasteiger partial charge >= 0.3 is 5.97 Å². The van der Waals surface area contributed by atoms with E-state index in [0.29, 0.717) is 12.0 Å². The molecule has 4 nitrogen and oxygen atoms in total. The van der Waals surface area contributed by atoms with Crippen LogP contribution >= 0.6 is 0 Å². The molecule has 0 fully saturated rings. The smallest absolute Gasteiger partial charge is 0.335 e. The normalized spacial score (nSPS) is 11.3. The highest BCUT2D eigenvalue weighted by atomic mass is 16.4. The van der Waals surface area contributed by atoms with E-state index in [9.17, 15) is 15.0 Å². The van der Waals surface area contributed by atoms with Crippen molar-refractivity contribution >= 4 is 5.97 Å². The van der Waals surface area contributed by atoms with Crippen LogP contribution in [0.5, 0.6) is 11.5 Å². The second-order valence-electron chi connectivity index (χ2n) is 5.37. The Balaban J connectivity index is 2.79. The van der Waals surface area contributed by atoms with Crippen molar-refractivity contribution in [3.05, 3.63) is 46.6 Å². The van der Waals surface area contributed by atoms with Gasteiger partial charge in [-0.1, -0.05) is 23.3 Å². The molecule has 0 atom stereocenters. The van der Waals surface area contributed by atoms with E-state index in [1.165, 1.54) is 5.57 Å². The van der Waals surface area contributed by atoms with Crippen LogP contribution in [0.25, 0.3) is 0 Å². The molecule has 0 unspecified atom stereocenters. The largest absolute Gasteiger partial charge is 0.507 e. The summed E-state index contributed by atoms with van der Waals surface area (Å²) in [4.78, 5) is 10.8. The van der Waals surface area contributed by atoms with E-state index in [1.807, 2.05) is 13.0 Å². The van der Waals surface area contributed by atoms with Gasteiger partial charge in [0.2, 0.25) is 0 Å². The predicted octanol–water partition coefficient (Wildman–Crippen LogP) is 4.03. The van der Waals surface area contributed by atoms with Gasteiger partial charge in [-0.3, -0.25) is 0 Å². The topological polar surface area (TPSA) is 77.8 Å². The fraction of sp³-hybridized carbons (Fsp3) is 0.353. The first-order valence-corrected chi connectivity index (χ1v) is 6.88. The maximum atomic E-state index is 10.8. The third-order valence-electron chi connectivity index (χ3n) is 3.20. The number of carboxylic acid groups (broad SMARTS) is 1. The molecule has 3 N–H and O–H groups in total. The number of hydrogen-bond donors (Lipinski definition) is 3. The Bertz CT molecular complexity index is 555. The average molecular weight is 290 g/mol. The molecule has 0 amide bonds. The van der Waals surface area contributed by atoms with Crippen LogP contribution in [-0.4, -0.2) is 21.3 Å². The van der Waals surface area contributed by atoms with E-state index >= 15 is 0 Å². The molecule has 0 aromatic heterocycles. The lowest BCUT2D eigenvalue weighted by Gasteiger charge is -2.07. The summed E-state index contributed by atoms with van der Waals surface area (Å²) in [6.07, 6.45) is 6.35. The molecule has 0 saturated carbocycles. The molecular weight excluding hydrogens is 268 g/mol. The van der Waals surface area contributed by atoms with Crippen molar-refractivity contribution in [2.45, 2.75) is 40.0 Å². The van der Waals surface area contributed by atoms with E-state index in [4.69, 9.17) is 5.11 Å². The quantitative estimate of drug-likeness (QED) is 0.691. The van der Waals surface area contributed by atoms with Crippen LogP contribution in [0.15, 0.2) is 35.4 Å². The van der Waals surface area contributed by atoms with Crippen LogP contribution in [0.4, 0.5) is 0 Å². The summed E-state index contributed by atoms with van der Waals surface area (Å²) in [6, 6.07) is 2.31. The third kappa shape index (κ3) is 5.34. The summed E-state index contributed by atoms with van der Waals surface area (Å²) in [7, 11) is 0. The number of benzene rings is 1. The molecule has 21 heavy (non-hydrogen) atoms. The van der Waals surface area contributed by atoms with E-state index < -0.39 is 5.97 Å². The molecule has 0 heterocycles. The second kappa shape index (κ2) is 7.53. The van der Waals surface area contributed by atoms with Gasteiger partial charge in [-0.2, -0.15) is 0 Å². The van der Waals surface area contributed by atoms with Gasteiger partial charge < -0.3 is 15.3 Å². The number of phenolic OH excluding ortho intramolecular Hbond substituents is 2. The molecule has 0 bridgehead atoms. The first-order chi connectivity index (χ1) is 9.81. The van der Waals surface area contributed by atoms with Crippen molar-refractivity contribution in [2.75, 3.05) is 0 Å². The molecule has 1 aromatic carbocycles. The average Bonchev–Trinajstić information content (AvgIpc) is 2.36. The zero-order valence-corrected chi connectivity index (χ0v) is 12.7. The number of hydrogen-bond acceptors (Lipinski definition) is 3. The van der Waals surface area contributed by atoms with Crippen molar-refractivity contribution in [3.63, 3.8) is 0 Å². The molecule has 0 aliphatic rings. The number of allylic oxidation sites excluding steroid dienone is 4. The van der Waals surface area contributed by atoms with Crippen molar-refractivity contribution < 1.29 is 20.1 Å². The number of aromatic hydroxyl groups is 2. The standard InChI is InChI=1S/C17H22O4/c1-11(2)5-4-6-12(3)7-8-14-15(18)9-13(17(20)21)10-16(14)19/h5,7,9-10,18-19H,4,6,8H2,1-3H3,(H,20,21). The van der Waals surface area contributed by atoms with Gasteiger partial charge in [-0.15, -0.1) is 0 Å². The van der Waals surface area contributed by atoms with Crippen molar-refractivity contribution in [1.82, 2.24) is 0 Å². The van der Waals surface area contributed by atoms with Gasteiger partial charge in [-0.05, 0) is 52.2 Å². The van der Waals surface area contributed by atoms with E-state index in [1.54, 1.807) is 0 Å². The molecule has 0 saturated heterocycles. The number of phenols is 2. The molecule has 1 aromatic rings. The van der Waals surface area contributed by atoms with Crippen molar-refractivity contribution in [2.24, 2.45) is 0 Å². The molecule has 1 rings (SSSR count). The van der Waals surface area contributed by atoms with Crippen molar-refractivity contribution in [3.8, 4) is 11.5 Å². The molecule has 114 valence electrons. The lowest BCUT2D eigenvalue weighted by atomic mass is 10.0. The zero-order valence-electron chi connectivity index (χ0n) is 12.7. The Labute approximate surface area is 125 Å². The number of aromatic carboxylic acids is 1. The molecule has 0 radical (unpaired) electrons. The van der Waals surface area contributed by atoms with Gasteiger partial charge in [0.1, 0.15) is 11.5 Å². The highest BCUT2D eigenvalue weighted by molar-refractivity contribution is 5.89. The van der Waals surface area contributed by atoms with Crippen LogP contribution in [0.2, 0.25) is 0 Å². The number of carbonyl (C=O) groups is 1. The Hall–Kier alpha value is -2.23. The molecule has 0 aliphatic heterocycles.